The zero-order chi connectivity index (χ0) is 14.5. The average molecular weight is 293 g/mol. The summed E-state index contributed by atoms with van der Waals surface area (Å²) in [5, 5.41) is 11.4. The predicted octanol–water partition coefficient (Wildman–Crippen LogP) is 2.37. The minimum absolute atomic E-state index is 0.0927. The maximum absolute atomic E-state index is 11.7. The fraction of sp³-hybridized carbons (Fsp3) is 0.538. The van der Waals surface area contributed by atoms with Crippen LogP contribution in [-0.4, -0.2) is 24.5 Å². The lowest BCUT2D eigenvalue weighted by molar-refractivity contribution is 0.566. The van der Waals surface area contributed by atoms with Crippen LogP contribution in [0.25, 0.3) is 11.5 Å². The lowest BCUT2D eigenvalue weighted by atomic mass is 10.3. The molecule has 0 aromatic carbocycles. The van der Waals surface area contributed by atoms with Gasteiger partial charge in [-0.05, 0) is 31.1 Å². The molecule has 6 nitrogen and oxygen atoms in total. The number of aryl methyl sites for hydroxylation is 1. The second-order valence-corrected chi connectivity index (χ2v) is 5.02. The van der Waals surface area contributed by atoms with E-state index in [0.29, 0.717) is 22.8 Å². The van der Waals surface area contributed by atoms with E-state index in [1.54, 1.807) is 6.07 Å². The third-order valence-electron chi connectivity index (χ3n) is 3.02. The number of rotatable bonds is 6. The van der Waals surface area contributed by atoms with E-state index in [-0.39, 0.29) is 5.56 Å². The summed E-state index contributed by atoms with van der Waals surface area (Å²) in [5.41, 5.74) is 0.575. The summed E-state index contributed by atoms with van der Waals surface area (Å²) in [6.07, 6.45) is 2.96. The molecule has 0 saturated carbocycles. The second-order valence-electron chi connectivity index (χ2n) is 4.64. The zero-order valence-electron chi connectivity index (χ0n) is 11.8. The average Bonchev–Trinajstić information content (AvgIpc) is 2.80. The van der Waals surface area contributed by atoms with Crippen molar-refractivity contribution in [1.29, 1.82) is 0 Å². The molecule has 2 rings (SSSR count). The van der Waals surface area contributed by atoms with Crippen LogP contribution in [0.15, 0.2) is 16.9 Å². The van der Waals surface area contributed by atoms with Crippen molar-refractivity contribution in [3.05, 3.63) is 27.3 Å². The molecule has 0 fully saturated rings. The monoisotopic (exact) mass is 293 g/mol. The van der Waals surface area contributed by atoms with Gasteiger partial charge in [0.25, 0.3) is 5.56 Å². The van der Waals surface area contributed by atoms with Crippen LogP contribution in [0.2, 0.25) is 0 Å². The maximum atomic E-state index is 11.7. The number of nitrogens with one attached hydrogen (secondary N) is 1. The highest BCUT2D eigenvalue weighted by Gasteiger charge is 2.11. The molecule has 0 amide bonds. The van der Waals surface area contributed by atoms with Gasteiger partial charge in [-0.15, -0.1) is 0 Å². The third kappa shape index (κ3) is 3.04. The van der Waals surface area contributed by atoms with Gasteiger partial charge in [0.05, 0.1) is 0 Å². The number of hydrogen-bond acceptors (Lipinski definition) is 4. The van der Waals surface area contributed by atoms with Gasteiger partial charge in [-0.1, -0.05) is 20.3 Å². The Morgan fingerprint density at radius 3 is 2.75 bits per heavy atom. The zero-order valence-corrected chi connectivity index (χ0v) is 12.6. The van der Waals surface area contributed by atoms with Crippen LogP contribution in [-0.2, 0) is 13.1 Å². The summed E-state index contributed by atoms with van der Waals surface area (Å²) in [7, 11) is 0. The molecule has 0 bridgehead atoms. The molecule has 0 saturated heterocycles. The van der Waals surface area contributed by atoms with Gasteiger partial charge < -0.3 is 0 Å². The Morgan fingerprint density at radius 2 is 2.05 bits per heavy atom. The molecule has 20 heavy (non-hydrogen) atoms. The minimum atomic E-state index is -0.0927. The lowest BCUT2D eigenvalue weighted by Gasteiger charge is -2.07. The number of aromatic nitrogens is 5. The van der Waals surface area contributed by atoms with Crippen molar-refractivity contribution >= 4 is 12.2 Å². The van der Waals surface area contributed by atoms with Crippen LogP contribution in [0.1, 0.15) is 33.1 Å². The van der Waals surface area contributed by atoms with E-state index < -0.39 is 0 Å². The first kappa shape index (κ1) is 14.6. The molecular formula is C13H19N5OS. The van der Waals surface area contributed by atoms with Gasteiger partial charge in [0.2, 0.25) is 0 Å². The second kappa shape index (κ2) is 6.60. The van der Waals surface area contributed by atoms with Gasteiger partial charge in [0.1, 0.15) is 5.69 Å². The molecule has 0 atom stereocenters. The molecule has 108 valence electrons. The summed E-state index contributed by atoms with van der Waals surface area (Å²) < 4.78 is 3.99. The molecule has 2 aromatic rings. The van der Waals surface area contributed by atoms with Gasteiger partial charge in [0, 0.05) is 19.2 Å². The van der Waals surface area contributed by atoms with Crippen molar-refractivity contribution in [2.45, 2.75) is 46.2 Å². The van der Waals surface area contributed by atoms with Crippen molar-refractivity contribution in [2.24, 2.45) is 0 Å². The summed E-state index contributed by atoms with van der Waals surface area (Å²) in [6.45, 7) is 5.55. The van der Waals surface area contributed by atoms with E-state index in [9.17, 15) is 4.79 Å². The highest BCUT2D eigenvalue weighted by atomic mass is 32.1. The van der Waals surface area contributed by atoms with E-state index in [0.717, 1.165) is 25.8 Å². The molecule has 0 unspecified atom stereocenters. The Morgan fingerprint density at radius 1 is 1.25 bits per heavy atom. The Hall–Kier alpha value is -1.76. The number of hydrogen-bond donors (Lipinski definition) is 1. The minimum Gasteiger partial charge on any atom is -0.299 e. The normalized spacial score (nSPS) is 10.9. The fourth-order valence-corrected chi connectivity index (χ4v) is 2.20. The van der Waals surface area contributed by atoms with Crippen LogP contribution >= 0.6 is 12.2 Å². The molecule has 0 spiro atoms. The van der Waals surface area contributed by atoms with Gasteiger partial charge in [-0.25, -0.2) is 4.68 Å². The molecule has 1 N–H and O–H groups in total. The largest absolute Gasteiger partial charge is 0.299 e. The van der Waals surface area contributed by atoms with Crippen LogP contribution in [0.4, 0.5) is 0 Å². The van der Waals surface area contributed by atoms with E-state index in [1.165, 1.54) is 10.7 Å². The molecule has 0 aliphatic carbocycles. The van der Waals surface area contributed by atoms with Crippen molar-refractivity contribution in [1.82, 2.24) is 24.5 Å². The van der Waals surface area contributed by atoms with Crippen LogP contribution < -0.4 is 5.56 Å². The van der Waals surface area contributed by atoms with E-state index >= 15 is 0 Å². The number of H-pyrrole nitrogens is 1. The van der Waals surface area contributed by atoms with Crippen LogP contribution in [0, 0.1) is 4.77 Å². The molecule has 2 aromatic heterocycles. The first-order valence-corrected chi connectivity index (χ1v) is 7.32. The summed E-state index contributed by atoms with van der Waals surface area (Å²) in [4.78, 5) is 11.7. The SMILES string of the molecule is CCCCn1c(-c2ccc(=O)n(CCC)n2)n[nH]c1=S. The quantitative estimate of drug-likeness (QED) is 0.830. The Bertz CT molecular complexity index is 685. The predicted molar refractivity (Wildman–Crippen MR) is 80.1 cm³/mol. The van der Waals surface area contributed by atoms with E-state index in [4.69, 9.17) is 12.2 Å². The number of nitrogens with zero attached hydrogens (tertiary/aromatic N) is 4. The molecule has 0 radical (unpaired) electrons. The molecule has 0 aliphatic heterocycles. The van der Waals surface area contributed by atoms with E-state index in [2.05, 4.69) is 22.2 Å². The fourth-order valence-electron chi connectivity index (χ4n) is 1.98. The van der Waals surface area contributed by atoms with Crippen molar-refractivity contribution in [2.75, 3.05) is 0 Å². The smallest absolute Gasteiger partial charge is 0.266 e. The summed E-state index contributed by atoms with van der Waals surface area (Å²) >= 11 is 5.24. The molecule has 2 heterocycles. The van der Waals surface area contributed by atoms with Crippen molar-refractivity contribution in [3.63, 3.8) is 0 Å². The van der Waals surface area contributed by atoms with Gasteiger partial charge >= 0.3 is 0 Å². The third-order valence-corrected chi connectivity index (χ3v) is 3.34. The first-order valence-electron chi connectivity index (χ1n) is 6.91. The van der Waals surface area contributed by atoms with Gasteiger partial charge in [-0.2, -0.15) is 10.2 Å². The summed E-state index contributed by atoms with van der Waals surface area (Å²) in [5.74, 6) is 0.688. The van der Waals surface area contributed by atoms with Crippen molar-refractivity contribution < 1.29 is 0 Å². The first-order chi connectivity index (χ1) is 9.67. The highest BCUT2D eigenvalue weighted by molar-refractivity contribution is 7.71. The molecule has 0 aliphatic rings. The standard InChI is InChI=1S/C13H19N5OS/c1-3-5-9-17-12(14-15-13(17)20)10-6-7-11(19)18(16-10)8-4-2/h6-7H,3-5,8-9H2,1-2H3,(H,15,20). The van der Waals surface area contributed by atoms with Crippen LogP contribution in [0.5, 0.6) is 0 Å². The van der Waals surface area contributed by atoms with Crippen molar-refractivity contribution in [3.8, 4) is 11.5 Å². The molecular weight excluding hydrogens is 274 g/mol. The van der Waals surface area contributed by atoms with Gasteiger partial charge in [0.15, 0.2) is 10.6 Å². The van der Waals surface area contributed by atoms with Gasteiger partial charge in [-0.3, -0.25) is 14.5 Å². The molecule has 7 heteroatoms. The maximum Gasteiger partial charge on any atom is 0.266 e. The lowest BCUT2D eigenvalue weighted by Crippen LogP contribution is -2.22. The summed E-state index contributed by atoms with van der Waals surface area (Å²) in [6, 6.07) is 3.22. The number of aromatic amines is 1. The Labute approximate surface area is 122 Å². The van der Waals surface area contributed by atoms with E-state index in [1.807, 2.05) is 11.5 Å². The van der Waals surface area contributed by atoms with Crippen LogP contribution in [0.3, 0.4) is 0 Å². The number of unbranched alkanes of at least 4 members (excludes halogenated alkanes) is 1. The Kier molecular flexibility index (Phi) is 4.84. The Balaban J connectivity index is 2.43. The highest BCUT2D eigenvalue weighted by Crippen LogP contribution is 2.14. The topological polar surface area (TPSA) is 68.5 Å².